The first-order chi connectivity index (χ1) is 7.06. The van der Waals surface area contributed by atoms with Gasteiger partial charge in [-0.05, 0) is 21.0 Å². The van der Waals surface area contributed by atoms with E-state index in [1.807, 2.05) is 25.9 Å². The van der Waals surface area contributed by atoms with Gasteiger partial charge in [0.05, 0.1) is 18.6 Å². The first-order valence-corrected chi connectivity index (χ1v) is 5.02. The number of cyclic esters (lactones) is 1. The summed E-state index contributed by atoms with van der Waals surface area (Å²) in [5, 5.41) is 0. The predicted molar refractivity (Wildman–Crippen MR) is 54.4 cm³/mol. The third kappa shape index (κ3) is 3.15. The smallest absolute Gasteiger partial charge is 0.308 e. The highest BCUT2D eigenvalue weighted by Gasteiger charge is 2.38. The van der Waals surface area contributed by atoms with E-state index >= 15 is 0 Å². The van der Waals surface area contributed by atoms with Crippen LogP contribution in [0.25, 0.3) is 0 Å². The number of carbonyl (C=O) groups is 1. The molecule has 0 aromatic carbocycles. The molecule has 0 saturated carbocycles. The summed E-state index contributed by atoms with van der Waals surface area (Å²) in [7, 11) is 5.46. The number of carbonyl (C=O) groups excluding carboxylic acids is 1. The molecule has 1 aliphatic heterocycles. The van der Waals surface area contributed by atoms with Gasteiger partial charge >= 0.3 is 5.97 Å². The van der Waals surface area contributed by atoms with Crippen LogP contribution in [0, 0.1) is 0 Å². The fraction of sp³-hybridized carbons (Fsp3) is 0.900. The summed E-state index contributed by atoms with van der Waals surface area (Å²) in [6.07, 6.45) is -0.0180. The zero-order valence-electron chi connectivity index (χ0n) is 9.73. The maximum atomic E-state index is 11.3. The highest BCUT2D eigenvalue weighted by Crippen LogP contribution is 2.21. The van der Waals surface area contributed by atoms with Crippen molar-refractivity contribution in [2.24, 2.45) is 0 Å². The van der Waals surface area contributed by atoms with Crippen LogP contribution in [-0.4, -0.2) is 57.1 Å². The maximum Gasteiger partial charge on any atom is 0.308 e. The van der Waals surface area contributed by atoms with Crippen LogP contribution in [0.2, 0.25) is 0 Å². The molecule has 0 N–H and O–H groups in total. The van der Waals surface area contributed by atoms with Crippen molar-refractivity contribution in [3.8, 4) is 0 Å². The topological polar surface area (TPSA) is 48.0 Å². The van der Waals surface area contributed by atoms with Gasteiger partial charge in [-0.25, -0.2) is 0 Å². The fourth-order valence-electron chi connectivity index (χ4n) is 1.98. The number of hydrogen-bond acceptors (Lipinski definition) is 5. The zero-order valence-corrected chi connectivity index (χ0v) is 9.73. The molecule has 1 rings (SSSR count). The Kier molecular flexibility index (Phi) is 4.50. The quantitative estimate of drug-likeness (QED) is 0.499. The molecule has 1 saturated heterocycles. The van der Waals surface area contributed by atoms with E-state index < -0.39 is 0 Å². The minimum atomic E-state index is -0.207. The van der Waals surface area contributed by atoms with Gasteiger partial charge in [-0.3, -0.25) is 4.79 Å². The Morgan fingerprint density at radius 3 is 2.73 bits per heavy atom. The number of nitrogens with zero attached hydrogens (tertiary/aromatic N) is 1. The van der Waals surface area contributed by atoms with Crippen LogP contribution in [0.15, 0.2) is 0 Å². The van der Waals surface area contributed by atoms with Gasteiger partial charge in [-0.2, -0.15) is 0 Å². The average molecular weight is 217 g/mol. The van der Waals surface area contributed by atoms with Crippen molar-refractivity contribution in [2.45, 2.75) is 31.6 Å². The largest absolute Gasteiger partial charge is 0.461 e. The molecule has 1 aliphatic rings. The maximum absolute atomic E-state index is 11.3. The van der Waals surface area contributed by atoms with Gasteiger partial charge in [0.1, 0.15) is 12.9 Å². The van der Waals surface area contributed by atoms with E-state index in [9.17, 15) is 4.79 Å². The highest BCUT2D eigenvalue weighted by molar-refractivity contribution is 5.71. The van der Waals surface area contributed by atoms with Crippen LogP contribution in [0.1, 0.15) is 13.3 Å². The van der Waals surface area contributed by atoms with Gasteiger partial charge in [-0.15, -0.1) is 0 Å². The lowest BCUT2D eigenvalue weighted by atomic mass is 9.99. The van der Waals surface area contributed by atoms with Crippen molar-refractivity contribution >= 4 is 5.97 Å². The van der Waals surface area contributed by atoms with Crippen molar-refractivity contribution in [3.63, 3.8) is 0 Å². The van der Waals surface area contributed by atoms with E-state index in [1.165, 1.54) is 0 Å². The Balaban J connectivity index is 2.64. The second-order valence-electron chi connectivity index (χ2n) is 3.96. The lowest BCUT2D eigenvalue weighted by molar-refractivity contribution is -0.181. The highest BCUT2D eigenvalue weighted by atomic mass is 16.7. The van der Waals surface area contributed by atoms with Crippen LogP contribution < -0.4 is 0 Å². The lowest BCUT2D eigenvalue weighted by Gasteiger charge is -2.39. The summed E-state index contributed by atoms with van der Waals surface area (Å²) in [5.41, 5.74) is 0. The molecular formula is C10H19NO4. The normalized spacial score (nSPS) is 31.8. The average Bonchev–Trinajstić information content (AvgIpc) is 2.12. The molecule has 0 radical (unpaired) electrons. The summed E-state index contributed by atoms with van der Waals surface area (Å²) < 4.78 is 15.5. The van der Waals surface area contributed by atoms with Gasteiger partial charge in [0.15, 0.2) is 0 Å². The molecule has 3 atom stereocenters. The van der Waals surface area contributed by atoms with E-state index in [2.05, 4.69) is 0 Å². The van der Waals surface area contributed by atoms with Crippen molar-refractivity contribution < 1.29 is 19.0 Å². The second-order valence-corrected chi connectivity index (χ2v) is 3.96. The molecule has 0 bridgehead atoms. The molecule has 5 nitrogen and oxygen atoms in total. The van der Waals surface area contributed by atoms with Crippen molar-refractivity contribution in [1.29, 1.82) is 0 Å². The number of ether oxygens (including phenoxy) is 3. The van der Waals surface area contributed by atoms with Crippen LogP contribution in [-0.2, 0) is 19.0 Å². The molecule has 1 fully saturated rings. The van der Waals surface area contributed by atoms with E-state index in [0.29, 0.717) is 0 Å². The number of hydrogen-bond donors (Lipinski definition) is 0. The molecule has 0 unspecified atom stereocenters. The molecule has 0 aromatic rings. The molecule has 5 heteroatoms. The molecule has 0 spiro atoms. The minimum absolute atomic E-state index is 0.0813. The molecule has 15 heavy (non-hydrogen) atoms. The standard InChI is InChI=1S/C10H19NO4/c1-7-10(11(2)3)8(14-6-13-4)5-9(12)15-7/h7-8,10H,5-6H2,1-4H3/t7-,8-,10+/m0/s1. The Morgan fingerprint density at radius 1 is 1.53 bits per heavy atom. The van der Waals surface area contributed by atoms with Crippen LogP contribution in [0.3, 0.4) is 0 Å². The monoisotopic (exact) mass is 217 g/mol. The second kappa shape index (κ2) is 5.44. The SMILES string of the molecule is COCO[C@H]1CC(=O)O[C@@H](C)[C@H]1N(C)C. The lowest BCUT2D eigenvalue weighted by Crippen LogP contribution is -2.53. The van der Waals surface area contributed by atoms with Crippen molar-refractivity contribution in [2.75, 3.05) is 28.0 Å². The molecule has 88 valence electrons. The molecule has 0 aromatic heterocycles. The van der Waals surface area contributed by atoms with E-state index in [1.54, 1.807) is 7.11 Å². The predicted octanol–water partition coefficient (Wildman–Crippen LogP) is 0.241. The Bertz CT molecular complexity index is 219. The minimum Gasteiger partial charge on any atom is -0.461 e. The van der Waals surface area contributed by atoms with Gasteiger partial charge in [0.25, 0.3) is 0 Å². The molecular weight excluding hydrogens is 198 g/mol. The summed E-state index contributed by atoms with van der Waals surface area (Å²) in [5.74, 6) is -0.207. The Morgan fingerprint density at radius 2 is 2.20 bits per heavy atom. The number of rotatable bonds is 4. The van der Waals surface area contributed by atoms with Gasteiger partial charge in [-0.1, -0.05) is 0 Å². The number of likely N-dealkylation sites (N-methyl/N-ethyl adjacent to an activating group) is 1. The van der Waals surface area contributed by atoms with E-state index in [4.69, 9.17) is 14.2 Å². The van der Waals surface area contributed by atoms with Crippen LogP contribution >= 0.6 is 0 Å². The molecule has 1 heterocycles. The summed E-state index contributed by atoms with van der Waals surface area (Å²) in [4.78, 5) is 13.3. The molecule has 0 amide bonds. The van der Waals surface area contributed by atoms with Crippen molar-refractivity contribution in [3.05, 3.63) is 0 Å². The van der Waals surface area contributed by atoms with E-state index in [-0.39, 0.29) is 37.4 Å². The van der Waals surface area contributed by atoms with Gasteiger partial charge < -0.3 is 19.1 Å². The first kappa shape index (κ1) is 12.4. The van der Waals surface area contributed by atoms with Gasteiger partial charge in [0, 0.05) is 7.11 Å². The summed E-state index contributed by atoms with van der Waals surface area (Å²) in [6.45, 7) is 2.08. The first-order valence-electron chi connectivity index (χ1n) is 5.02. The molecule has 0 aliphatic carbocycles. The Hall–Kier alpha value is -0.650. The number of methoxy groups -OCH3 is 1. The Labute approximate surface area is 90.3 Å². The van der Waals surface area contributed by atoms with E-state index in [0.717, 1.165) is 0 Å². The summed E-state index contributed by atoms with van der Waals surface area (Å²) >= 11 is 0. The fourth-order valence-corrected chi connectivity index (χ4v) is 1.98. The number of esters is 1. The van der Waals surface area contributed by atoms with Gasteiger partial charge in [0.2, 0.25) is 0 Å². The van der Waals surface area contributed by atoms with Crippen LogP contribution in [0.4, 0.5) is 0 Å². The third-order valence-corrected chi connectivity index (χ3v) is 2.54. The zero-order chi connectivity index (χ0) is 11.4. The third-order valence-electron chi connectivity index (χ3n) is 2.54. The van der Waals surface area contributed by atoms with Crippen molar-refractivity contribution in [1.82, 2.24) is 4.90 Å². The summed E-state index contributed by atoms with van der Waals surface area (Å²) in [6, 6.07) is 0.0813. The van der Waals surface area contributed by atoms with Crippen LogP contribution in [0.5, 0.6) is 0 Å².